The van der Waals surface area contributed by atoms with Gasteiger partial charge in [-0.1, -0.05) is 18.2 Å². The molecule has 0 atom stereocenters. The Labute approximate surface area is 169 Å². The van der Waals surface area contributed by atoms with Gasteiger partial charge in [-0.25, -0.2) is 12.8 Å². The lowest BCUT2D eigenvalue weighted by Crippen LogP contribution is -2.22. The van der Waals surface area contributed by atoms with Crippen LogP contribution in [0.5, 0.6) is 0 Å². The molecule has 2 N–H and O–H groups in total. The molecule has 29 heavy (non-hydrogen) atoms. The van der Waals surface area contributed by atoms with Crippen molar-refractivity contribution < 1.29 is 17.6 Å². The SMILES string of the molecule is Cc1ccc(S(=O)(=O)Nc2ccc(C(=O)NCc3cccc(F)c3)cc2)cc1C. The minimum Gasteiger partial charge on any atom is -0.348 e. The van der Waals surface area contributed by atoms with Gasteiger partial charge in [-0.2, -0.15) is 0 Å². The number of hydrogen-bond acceptors (Lipinski definition) is 3. The molecule has 3 aromatic rings. The highest BCUT2D eigenvalue weighted by molar-refractivity contribution is 7.92. The molecule has 7 heteroatoms. The summed E-state index contributed by atoms with van der Waals surface area (Å²) in [7, 11) is -3.72. The largest absolute Gasteiger partial charge is 0.348 e. The Morgan fingerprint density at radius 1 is 0.931 bits per heavy atom. The Balaban J connectivity index is 1.66. The fourth-order valence-corrected chi connectivity index (χ4v) is 3.86. The van der Waals surface area contributed by atoms with Crippen LogP contribution in [-0.2, 0) is 16.6 Å². The summed E-state index contributed by atoms with van der Waals surface area (Å²) in [6, 6.07) is 17.0. The first-order chi connectivity index (χ1) is 13.7. The van der Waals surface area contributed by atoms with Gasteiger partial charge in [0, 0.05) is 17.8 Å². The van der Waals surface area contributed by atoms with E-state index >= 15 is 0 Å². The molecule has 0 saturated carbocycles. The summed E-state index contributed by atoms with van der Waals surface area (Å²) in [6.07, 6.45) is 0. The monoisotopic (exact) mass is 412 g/mol. The molecule has 3 rings (SSSR count). The molecule has 0 aliphatic heterocycles. The third-order valence-corrected chi connectivity index (χ3v) is 5.91. The summed E-state index contributed by atoms with van der Waals surface area (Å²) >= 11 is 0. The van der Waals surface area contributed by atoms with Crippen LogP contribution in [0.15, 0.2) is 71.6 Å². The van der Waals surface area contributed by atoms with Gasteiger partial charge < -0.3 is 5.32 Å². The van der Waals surface area contributed by atoms with E-state index in [9.17, 15) is 17.6 Å². The lowest BCUT2D eigenvalue weighted by atomic mass is 10.1. The minimum atomic E-state index is -3.72. The van der Waals surface area contributed by atoms with Gasteiger partial charge in [-0.15, -0.1) is 0 Å². The number of halogens is 1. The van der Waals surface area contributed by atoms with Crippen molar-refractivity contribution in [2.45, 2.75) is 25.3 Å². The Morgan fingerprint density at radius 3 is 2.31 bits per heavy atom. The molecule has 5 nitrogen and oxygen atoms in total. The summed E-state index contributed by atoms with van der Waals surface area (Å²) < 4.78 is 40.8. The molecular formula is C22H21FN2O3S. The minimum absolute atomic E-state index is 0.178. The smallest absolute Gasteiger partial charge is 0.261 e. The van der Waals surface area contributed by atoms with Crippen LogP contribution in [0.25, 0.3) is 0 Å². The number of aryl methyl sites for hydroxylation is 2. The number of carbonyl (C=O) groups is 1. The van der Waals surface area contributed by atoms with Crippen LogP contribution in [0, 0.1) is 19.7 Å². The van der Waals surface area contributed by atoms with Crippen LogP contribution in [0.4, 0.5) is 10.1 Å². The highest BCUT2D eigenvalue weighted by Crippen LogP contribution is 2.19. The Hall–Kier alpha value is -3.19. The van der Waals surface area contributed by atoms with E-state index in [0.29, 0.717) is 16.8 Å². The molecule has 0 aliphatic rings. The number of sulfonamides is 1. The van der Waals surface area contributed by atoms with Crippen LogP contribution in [0.1, 0.15) is 27.0 Å². The van der Waals surface area contributed by atoms with Gasteiger partial charge in [0.1, 0.15) is 5.82 Å². The van der Waals surface area contributed by atoms with Crippen LogP contribution < -0.4 is 10.0 Å². The number of anilines is 1. The van der Waals surface area contributed by atoms with Crippen LogP contribution in [-0.4, -0.2) is 14.3 Å². The number of hydrogen-bond donors (Lipinski definition) is 2. The molecule has 1 amide bonds. The van der Waals surface area contributed by atoms with Crippen molar-refractivity contribution in [2.75, 3.05) is 4.72 Å². The first-order valence-electron chi connectivity index (χ1n) is 8.97. The molecule has 3 aromatic carbocycles. The first-order valence-corrected chi connectivity index (χ1v) is 10.5. The Kier molecular flexibility index (Phi) is 5.98. The number of benzene rings is 3. The Morgan fingerprint density at radius 2 is 1.66 bits per heavy atom. The van der Waals surface area contributed by atoms with E-state index in [0.717, 1.165) is 11.1 Å². The average molecular weight is 412 g/mol. The lowest BCUT2D eigenvalue weighted by molar-refractivity contribution is 0.0951. The predicted octanol–water partition coefficient (Wildman–Crippen LogP) is 4.17. The molecule has 0 unspecified atom stereocenters. The molecule has 0 fully saturated rings. The number of carbonyl (C=O) groups excluding carboxylic acids is 1. The van der Waals surface area contributed by atoms with E-state index in [1.807, 2.05) is 13.8 Å². The quantitative estimate of drug-likeness (QED) is 0.638. The molecule has 0 radical (unpaired) electrons. The van der Waals surface area contributed by atoms with E-state index in [4.69, 9.17) is 0 Å². The van der Waals surface area contributed by atoms with Gasteiger partial charge in [0.25, 0.3) is 15.9 Å². The highest BCUT2D eigenvalue weighted by Gasteiger charge is 2.15. The van der Waals surface area contributed by atoms with Gasteiger partial charge in [0.15, 0.2) is 0 Å². The second-order valence-corrected chi connectivity index (χ2v) is 8.42. The fourth-order valence-electron chi connectivity index (χ4n) is 2.72. The van der Waals surface area contributed by atoms with E-state index in [1.165, 1.54) is 36.4 Å². The summed E-state index contributed by atoms with van der Waals surface area (Å²) in [5, 5.41) is 2.70. The molecule has 0 saturated heterocycles. The van der Waals surface area contributed by atoms with E-state index in [-0.39, 0.29) is 23.2 Å². The first kappa shape index (κ1) is 20.5. The summed E-state index contributed by atoms with van der Waals surface area (Å²) in [5.74, 6) is -0.699. The molecule has 0 spiro atoms. The molecular weight excluding hydrogens is 391 g/mol. The second kappa shape index (κ2) is 8.45. The third-order valence-electron chi connectivity index (χ3n) is 4.53. The average Bonchev–Trinajstić information content (AvgIpc) is 2.68. The van der Waals surface area contributed by atoms with Gasteiger partial charge in [0.2, 0.25) is 0 Å². The standard InChI is InChI=1S/C22H21FN2O3S/c1-15-6-11-21(12-16(15)2)29(27,28)25-20-9-7-18(8-10-20)22(26)24-14-17-4-3-5-19(23)13-17/h3-13,25H,14H2,1-2H3,(H,24,26). The second-order valence-electron chi connectivity index (χ2n) is 6.74. The van der Waals surface area contributed by atoms with Gasteiger partial charge >= 0.3 is 0 Å². The van der Waals surface area contributed by atoms with Gasteiger partial charge in [-0.05, 0) is 79.1 Å². The molecule has 0 bridgehead atoms. The van der Waals surface area contributed by atoms with Crippen LogP contribution >= 0.6 is 0 Å². The van der Waals surface area contributed by atoms with Crippen molar-refractivity contribution in [1.82, 2.24) is 5.32 Å². The maximum atomic E-state index is 13.2. The normalized spacial score (nSPS) is 11.1. The van der Waals surface area contributed by atoms with E-state index in [2.05, 4.69) is 10.0 Å². The predicted molar refractivity (Wildman–Crippen MR) is 111 cm³/mol. The number of rotatable bonds is 6. The Bertz CT molecular complexity index is 1140. The van der Waals surface area contributed by atoms with Crippen molar-refractivity contribution in [2.24, 2.45) is 0 Å². The van der Waals surface area contributed by atoms with Crippen molar-refractivity contribution >= 4 is 21.6 Å². The van der Waals surface area contributed by atoms with E-state index in [1.54, 1.807) is 30.3 Å². The summed E-state index contributed by atoms with van der Waals surface area (Å²) in [6.45, 7) is 3.96. The topological polar surface area (TPSA) is 75.3 Å². The molecule has 0 aliphatic carbocycles. The van der Waals surface area contributed by atoms with Crippen LogP contribution in [0.2, 0.25) is 0 Å². The van der Waals surface area contributed by atoms with Gasteiger partial charge in [-0.3, -0.25) is 9.52 Å². The summed E-state index contributed by atoms with van der Waals surface area (Å²) in [5.41, 5.74) is 3.27. The highest BCUT2D eigenvalue weighted by atomic mass is 32.2. The van der Waals surface area contributed by atoms with Crippen molar-refractivity contribution in [3.8, 4) is 0 Å². The van der Waals surface area contributed by atoms with Gasteiger partial charge in [0.05, 0.1) is 4.90 Å². The van der Waals surface area contributed by atoms with Crippen molar-refractivity contribution in [3.63, 3.8) is 0 Å². The van der Waals surface area contributed by atoms with E-state index < -0.39 is 10.0 Å². The van der Waals surface area contributed by atoms with Crippen molar-refractivity contribution in [3.05, 3.63) is 94.8 Å². The fraction of sp³-hybridized carbons (Fsp3) is 0.136. The van der Waals surface area contributed by atoms with Crippen molar-refractivity contribution in [1.29, 1.82) is 0 Å². The third kappa shape index (κ3) is 5.20. The lowest BCUT2D eigenvalue weighted by Gasteiger charge is -2.11. The summed E-state index contributed by atoms with van der Waals surface area (Å²) in [4.78, 5) is 12.4. The zero-order chi connectivity index (χ0) is 21.0. The number of nitrogens with one attached hydrogen (secondary N) is 2. The zero-order valence-corrected chi connectivity index (χ0v) is 16.9. The van der Waals surface area contributed by atoms with Crippen LogP contribution in [0.3, 0.4) is 0 Å². The maximum Gasteiger partial charge on any atom is 0.261 e. The molecule has 0 heterocycles. The number of amides is 1. The molecule has 150 valence electrons. The zero-order valence-electron chi connectivity index (χ0n) is 16.1. The molecule has 0 aromatic heterocycles. The maximum absolute atomic E-state index is 13.2.